The van der Waals surface area contributed by atoms with Crippen molar-refractivity contribution in [2.75, 3.05) is 39.5 Å². The number of hydrogen-bond donors (Lipinski definition) is 0. The predicted molar refractivity (Wildman–Crippen MR) is 89.4 cm³/mol. The Morgan fingerprint density at radius 3 is 1.71 bits per heavy atom. The van der Waals surface area contributed by atoms with E-state index in [0.717, 1.165) is 19.3 Å². The van der Waals surface area contributed by atoms with Crippen molar-refractivity contribution in [2.45, 2.75) is 51.6 Å². The zero-order valence-electron chi connectivity index (χ0n) is 14.9. The molecule has 0 N–H and O–H groups in total. The minimum absolute atomic E-state index is 0.00963. The second-order valence-electron chi connectivity index (χ2n) is 7.47. The van der Waals surface area contributed by atoms with E-state index < -0.39 is 0 Å². The third-order valence-electron chi connectivity index (χ3n) is 5.67. The van der Waals surface area contributed by atoms with E-state index in [1.165, 1.54) is 0 Å². The Morgan fingerprint density at radius 2 is 1.29 bits per heavy atom. The first kappa shape index (κ1) is 17.7. The molecule has 2 heterocycles. The maximum atomic E-state index is 12.9. The molecule has 0 radical (unpaired) electrons. The lowest BCUT2D eigenvalue weighted by Gasteiger charge is -2.40. The first-order valence-corrected chi connectivity index (χ1v) is 9.34. The van der Waals surface area contributed by atoms with Gasteiger partial charge in [-0.05, 0) is 33.1 Å². The summed E-state index contributed by atoms with van der Waals surface area (Å²) in [6.45, 7) is 7.91. The summed E-state index contributed by atoms with van der Waals surface area (Å²) >= 11 is 0. The summed E-state index contributed by atoms with van der Waals surface area (Å²) in [5.41, 5.74) is 0. The van der Waals surface area contributed by atoms with E-state index in [9.17, 15) is 9.59 Å². The Balaban J connectivity index is 1.61. The second kappa shape index (κ2) is 7.83. The Labute approximate surface area is 144 Å². The van der Waals surface area contributed by atoms with Crippen LogP contribution in [0.4, 0.5) is 0 Å². The largest absolute Gasteiger partial charge is 0.377 e. The molecule has 1 saturated carbocycles. The first-order chi connectivity index (χ1) is 11.6. The summed E-state index contributed by atoms with van der Waals surface area (Å²) in [5.74, 6) is 0.422. The van der Waals surface area contributed by atoms with Crippen LogP contribution in [0.25, 0.3) is 0 Å². The summed E-state index contributed by atoms with van der Waals surface area (Å²) in [4.78, 5) is 29.7. The number of nitrogens with zero attached hydrogens (tertiary/aromatic N) is 2. The van der Waals surface area contributed by atoms with Crippen LogP contribution < -0.4 is 0 Å². The van der Waals surface area contributed by atoms with Gasteiger partial charge in [0.05, 0.1) is 38.5 Å². The first-order valence-electron chi connectivity index (χ1n) is 9.34. The van der Waals surface area contributed by atoms with Crippen molar-refractivity contribution >= 4 is 11.8 Å². The number of morpholine rings is 2. The van der Waals surface area contributed by atoms with Gasteiger partial charge in [0.25, 0.3) is 0 Å². The molecule has 0 aromatic heterocycles. The topological polar surface area (TPSA) is 59.1 Å². The van der Waals surface area contributed by atoms with E-state index in [0.29, 0.717) is 45.9 Å². The molecule has 6 nitrogen and oxygen atoms in total. The number of hydrogen-bond acceptors (Lipinski definition) is 4. The van der Waals surface area contributed by atoms with Crippen molar-refractivity contribution in [1.82, 2.24) is 9.80 Å². The van der Waals surface area contributed by atoms with E-state index >= 15 is 0 Å². The fourth-order valence-electron chi connectivity index (χ4n) is 4.22. The molecular weight excluding hydrogens is 308 g/mol. The molecule has 1 aliphatic carbocycles. The van der Waals surface area contributed by atoms with Crippen LogP contribution in [0.5, 0.6) is 0 Å². The van der Waals surface area contributed by atoms with Gasteiger partial charge in [-0.1, -0.05) is 6.42 Å². The normalized spacial score (nSPS) is 34.9. The Kier molecular flexibility index (Phi) is 5.76. The van der Waals surface area contributed by atoms with Gasteiger partial charge < -0.3 is 19.3 Å². The van der Waals surface area contributed by atoms with Crippen molar-refractivity contribution < 1.29 is 19.1 Å². The van der Waals surface area contributed by atoms with Gasteiger partial charge in [0.1, 0.15) is 0 Å². The average molecular weight is 338 g/mol. The Hall–Kier alpha value is -1.14. The van der Waals surface area contributed by atoms with Crippen LogP contribution in [0.15, 0.2) is 0 Å². The van der Waals surface area contributed by atoms with Gasteiger partial charge in [-0.3, -0.25) is 9.59 Å². The lowest BCUT2D eigenvalue weighted by atomic mass is 9.79. The van der Waals surface area contributed by atoms with E-state index in [1.807, 2.05) is 23.6 Å². The molecule has 3 rings (SSSR count). The molecule has 4 unspecified atom stereocenters. The number of carbonyl (C=O) groups is 2. The van der Waals surface area contributed by atoms with Crippen molar-refractivity contribution in [1.29, 1.82) is 0 Å². The fraction of sp³-hybridized carbons (Fsp3) is 0.889. The summed E-state index contributed by atoms with van der Waals surface area (Å²) in [5, 5.41) is 0. The quantitative estimate of drug-likeness (QED) is 0.761. The summed E-state index contributed by atoms with van der Waals surface area (Å²) < 4.78 is 10.9. The van der Waals surface area contributed by atoms with Crippen LogP contribution in [0, 0.1) is 11.8 Å². The van der Waals surface area contributed by atoms with Crippen LogP contribution in [0.2, 0.25) is 0 Å². The van der Waals surface area contributed by atoms with Gasteiger partial charge in [-0.25, -0.2) is 0 Å². The summed E-state index contributed by atoms with van der Waals surface area (Å²) in [7, 11) is 0. The van der Waals surface area contributed by atoms with Crippen molar-refractivity contribution in [3.63, 3.8) is 0 Å². The lowest BCUT2D eigenvalue weighted by molar-refractivity contribution is -0.149. The highest BCUT2D eigenvalue weighted by molar-refractivity contribution is 5.83. The average Bonchev–Trinajstić information content (AvgIpc) is 2.61. The van der Waals surface area contributed by atoms with E-state index in [4.69, 9.17) is 9.47 Å². The minimum Gasteiger partial charge on any atom is -0.377 e. The van der Waals surface area contributed by atoms with Gasteiger partial charge in [0.2, 0.25) is 11.8 Å². The molecule has 0 bridgehead atoms. The number of rotatable bonds is 2. The smallest absolute Gasteiger partial charge is 0.226 e. The maximum absolute atomic E-state index is 12.9. The van der Waals surface area contributed by atoms with Crippen molar-refractivity contribution in [3.05, 3.63) is 0 Å². The molecular formula is C18H30N2O4. The highest BCUT2D eigenvalue weighted by Crippen LogP contribution is 2.33. The molecule has 2 amide bonds. The van der Waals surface area contributed by atoms with Crippen LogP contribution >= 0.6 is 0 Å². The van der Waals surface area contributed by atoms with Crippen LogP contribution in [-0.4, -0.2) is 73.2 Å². The zero-order valence-corrected chi connectivity index (χ0v) is 14.9. The van der Waals surface area contributed by atoms with Crippen LogP contribution in [0.1, 0.15) is 39.5 Å². The van der Waals surface area contributed by atoms with Crippen molar-refractivity contribution in [3.8, 4) is 0 Å². The number of carbonyl (C=O) groups excluding carboxylic acids is 2. The molecule has 3 aliphatic rings. The lowest BCUT2D eigenvalue weighted by Crippen LogP contribution is -2.52. The van der Waals surface area contributed by atoms with E-state index in [2.05, 4.69) is 0 Å². The fourth-order valence-corrected chi connectivity index (χ4v) is 4.22. The third-order valence-corrected chi connectivity index (χ3v) is 5.67. The van der Waals surface area contributed by atoms with Gasteiger partial charge in [-0.2, -0.15) is 0 Å². The van der Waals surface area contributed by atoms with Gasteiger partial charge in [0, 0.05) is 24.9 Å². The highest BCUT2D eigenvalue weighted by atomic mass is 16.5. The predicted octanol–water partition coefficient (Wildman–Crippen LogP) is 1.29. The van der Waals surface area contributed by atoms with Crippen LogP contribution in [0.3, 0.4) is 0 Å². The molecule has 0 spiro atoms. The monoisotopic (exact) mass is 338 g/mol. The molecule has 0 aromatic carbocycles. The number of amides is 2. The van der Waals surface area contributed by atoms with Gasteiger partial charge in [0.15, 0.2) is 0 Å². The molecule has 136 valence electrons. The second-order valence-corrected chi connectivity index (χ2v) is 7.47. The number of ether oxygens (including phenoxy) is 2. The summed E-state index contributed by atoms with van der Waals surface area (Å²) in [6, 6.07) is 0.281. The molecule has 4 atom stereocenters. The van der Waals surface area contributed by atoms with E-state index in [-0.39, 0.29) is 35.7 Å². The van der Waals surface area contributed by atoms with Crippen molar-refractivity contribution in [2.24, 2.45) is 11.8 Å². The SMILES string of the molecule is CC1COCCN1C(=O)C1CCCC(C(=O)N2CCOCC2C)C1. The van der Waals surface area contributed by atoms with E-state index in [1.54, 1.807) is 0 Å². The van der Waals surface area contributed by atoms with Gasteiger partial charge in [-0.15, -0.1) is 0 Å². The van der Waals surface area contributed by atoms with Crippen LogP contribution in [-0.2, 0) is 19.1 Å². The standard InChI is InChI=1S/C18H30N2O4/c1-13-11-23-8-6-19(13)17(21)15-4-3-5-16(10-15)18(22)20-7-9-24-12-14(20)2/h13-16H,3-12H2,1-2H3. The maximum Gasteiger partial charge on any atom is 0.226 e. The highest BCUT2D eigenvalue weighted by Gasteiger charge is 2.38. The molecule has 24 heavy (non-hydrogen) atoms. The summed E-state index contributed by atoms with van der Waals surface area (Å²) in [6.07, 6.45) is 3.48. The minimum atomic E-state index is -0.00963. The van der Waals surface area contributed by atoms with Gasteiger partial charge >= 0.3 is 0 Å². The third kappa shape index (κ3) is 3.75. The molecule has 3 fully saturated rings. The molecule has 2 aliphatic heterocycles. The molecule has 6 heteroatoms. The zero-order chi connectivity index (χ0) is 17.1. The Bertz CT molecular complexity index is 430. The Morgan fingerprint density at radius 1 is 0.833 bits per heavy atom. The molecule has 2 saturated heterocycles. The molecule has 0 aromatic rings.